The highest BCUT2D eigenvalue weighted by Gasteiger charge is 2.03. The van der Waals surface area contributed by atoms with Gasteiger partial charge < -0.3 is 5.32 Å². The summed E-state index contributed by atoms with van der Waals surface area (Å²) < 4.78 is 0. The highest BCUT2D eigenvalue weighted by molar-refractivity contribution is 6.04. The molecule has 2 nitrogen and oxygen atoms in total. The first kappa shape index (κ1) is 14.0. The molecule has 1 amide bonds. The smallest absolute Gasteiger partial charge is 0.255 e. The molecule has 0 fully saturated rings. The van der Waals surface area contributed by atoms with Crippen LogP contribution in [0.2, 0.25) is 0 Å². The first-order valence-corrected chi connectivity index (χ1v) is 6.19. The predicted octanol–water partition coefficient (Wildman–Crippen LogP) is 4.52. The van der Waals surface area contributed by atoms with Gasteiger partial charge in [0.25, 0.3) is 5.91 Å². The van der Waals surface area contributed by atoms with E-state index in [2.05, 4.69) is 5.32 Å². The van der Waals surface area contributed by atoms with Gasteiger partial charge in [-0.1, -0.05) is 49.7 Å². The molecule has 2 aromatic rings. The summed E-state index contributed by atoms with van der Waals surface area (Å²) in [7, 11) is 0. The molecule has 96 valence electrons. The zero-order chi connectivity index (χ0) is 13.4. The van der Waals surface area contributed by atoms with Crippen LogP contribution in [-0.4, -0.2) is 5.91 Å². The van der Waals surface area contributed by atoms with Crippen LogP contribution < -0.4 is 5.32 Å². The third kappa shape index (κ3) is 4.06. The lowest BCUT2D eigenvalue weighted by Crippen LogP contribution is -2.11. The third-order valence-corrected chi connectivity index (χ3v) is 2.35. The number of aryl methyl sites for hydroxylation is 1. The van der Waals surface area contributed by atoms with Crippen molar-refractivity contribution in [2.75, 3.05) is 5.32 Å². The van der Waals surface area contributed by atoms with Crippen LogP contribution in [0.25, 0.3) is 0 Å². The Morgan fingerprint density at radius 3 is 2.06 bits per heavy atom. The fourth-order valence-electron chi connectivity index (χ4n) is 1.43. The van der Waals surface area contributed by atoms with Gasteiger partial charge in [0, 0.05) is 12.7 Å². The van der Waals surface area contributed by atoms with Gasteiger partial charge in [-0.3, -0.25) is 4.79 Å². The van der Waals surface area contributed by atoms with E-state index < -0.39 is 0 Å². The fourth-order valence-corrected chi connectivity index (χ4v) is 1.43. The Morgan fingerprint density at radius 1 is 0.944 bits per heavy atom. The zero-order valence-electron chi connectivity index (χ0n) is 11.1. The van der Waals surface area contributed by atoms with Gasteiger partial charge in [0.2, 0.25) is 0 Å². The summed E-state index contributed by atoms with van der Waals surface area (Å²) in [5.74, 6) is -0.0792. The largest absolute Gasteiger partial charge is 0.322 e. The SMILES string of the molecule is CC.Cc1ccc(NC(=O)c2ccccc2)cc1.[HH]. The van der Waals surface area contributed by atoms with E-state index >= 15 is 0 Å². The molecule has 0 unspecified atom stereocenters. The van der Waals surface area contributed by atoms with Crippen LogP contribution in [0.15, 0.2) is 54.6 Å². The lowest BCUT2D eigenvalue weighted by Gasteiger charge is -2.05. The van der Waals surface area contributed by atoms with E-state index in [1.807, 2.05) is 63.2 Å². The van der Waals surface area contributed by atoms with Gasteiger partial charge >= 0.3 is 0 Å². The lowest BCUT2D eigenvalue weighted by atomic mass is 10.2. The van der Waals surface area contributed by atoms with E-state index in [0.717, 1.165) is 5.69 Å². The van der Waals surface area contributed by atoms with E-state index in [9.17, 15) is 4.79 Å². The molecule has 0 radical (unpaired) electrons. The van der Waals surface area contributed by atoms with Crippen molar-refractivity contribution in [2.24, 2.45) is 0 Å². The number of nitrogens with one attached hydrogen (secondary N) is 1. The van der Waals surface area contributed by atoms with E-state index in [-0.39, 0.29) is 7.33 Å². The molecule has 0 bridgehead atoms. The summed E-state index contributed by atoms with van der Waals surface area (Å²) in [5, 5.41) is 2.85. The number of benzene rings is 2. The molecule has 0 saturated heterocycles. The fraction of sp³-hybridized carbons (Fsp3) is 0.188. The molecule has 0 saturated carbocycles. The second kappa shape index (κ2) is 7.28. The van der Waals surface area contributed by atoms with Crippen molar-refractivity contribution in [3.8, 4) is 0 Å². The van der Waals surface area contributed by atoms with Crippen molar-refractivity contribution < 1.29 is 6.22 Å². The third-order valence-electron chi connectivity index (χ3n) is 2.35. The zero-order valence-corrected chi connectivity index (χ0v) is 11.1. The van der Waals surface area contributed by atoms with Gasteiger partial charge in [0.15, 0.2) is 0 Å². The second-order valence-corrected chi connectivity index (χ2v) is 3.69. The molecule has 0 aromatic heterocycles. The van der Waals surface area contributed by atoms with Gasteiger partial charge in [0.1, 0.15) is 0 Å². The van der Waals surface area contributed by atoms with Gasteiger partial charge in [-0.15, -0.1) is 0 Å². The van der Waals surface area contributed by atoms with Crippen LogP contribution in [0.1, 0.15) is 31.2 Å². The van der Waals surface area contributed by atoms with Crippen molar-refractivity contribution in [3.05, 3.63) is 65.7 Å². The Morgan fingerprint density at radius 2 is 1.50 bits per heavy atom. The van der Waals surface area contributed by atoms with Crippen LogP contribution in [0.3, 0.4) is 0 Å². The summed E-state index contributed by atoms with van der Waals surface area (Å²) >= 11 is 0. The summed E-state index contributed by atoms with van der Waals surface area (Å²) in [5.41, 5.74) is 2.67. The molecule has 0 aliphatic carbocycles. The van der Waals surface area contributed by atoms with E-state index in [4.69, 9.17) is 0 Å². The number of hydrogen-bond acceptors (Lipinski definition) is 1. The average molecular weight is 243 g/mol. The number of amides is 1. The summed E-state index contributed by atoms with van der Waals surface area (Å²) in [6, 6.07) is 16.9. The summed E-state index contributed by atoms with van der Waals surface area (Å²) in [6.45, 7) is 6.02. The molecule has 2 aromatic carbocycles. The molecule has 0 aliphatic heterocycles. The molecule has 0 atom stereocenters. The molecule has 0 aliphatic rings. The molecular formula is C16H21NO. The minimum absolute atomic E-state index is 0. The minimum Gasteiger partial charge on any atom is -0.322 e. The molecular weight excluding hydrogens is 222 g/mol. The van der Waals surface area contributed by atoms with Crippen LogP contribution in [0, 0.1) is 6.92 Å². The van der Waals surface area contributed by atoms with Crippen molar-refractivity contribution in [1.29, 1.82) is 0 Å². The molecule has 2 rings (SSSR count). The minimum atomic E-state index is -0.0792. The molecule has 0 heterocycles. The Labute approximate surface area is 110 Å². The van der Waals surface area contributed by atoms with Crippen LogP contribution in [0.5, 0.6) is 0 Å². The van der Waals surface area contributed by atoms with Crippen LogP contribution in [-0.2, 0) is 0 Å². The van der Waals surface area contributed by atoms with Crippen molar-refractivity contribution in [1.82, 2.24) is 0 Å². The molecule has 2 heteroatoms. The Hall–Kier alpha value is -2.09. The molecule has 18 heavy (non-hydrogen) atoms. The van der Waals surface area contributed by atoms with Gasteiger partial charge in [-0.25, -0.2) is 0 Å². The van der Waals surface area contributed by atoms with Gasteiger partial charge in [-0.05, 0) is 31.2 Å². The predicted molar refractivity (Wildman–Crippen MR) is 79.0 cm³/mol. The number of carbonyl (C=O) groups excluding carboxylic acids is 1. The van der Waals surface area contributed by atoms with Crippen LogP contribution >= 0.6 is 0 Å². The number of rotatable bonds is 2. The van der Waals surface area contributed by atoms with Crippen molar-refractivity contribution >= 4 is 11.6 Å². The normalized spacial score (nSPS) is 9.06. The Kier molecular flexibility index (Phi) is 5.65. The van der Waals surface area contributed by atoms with E-state index in [1.54, 1.807) is 12.1 Å². The second-order valence-electron chi connectivity index (χ2n) is 3.69. The van der Waals surface area contributed by atoms with Gasteiger partial charge in [-0.2, -0.15) is 0 Å². The molecule has 1 N–H and O–H groups in total. The maximum atomic E-state index is 11.8. The van der Waals surface area contributed by atoms with E-state index in [0.29, 0.717) is 5.56 Å². The van der Waals surface area contributed by atoms with Crippen LogP contribution in [0.4, 0.5) is 5.69 Å². The maximum absolute atomic E-state index is 11.8. The topological polar surface area (TPSA) is 29.1 Å². The highest BCUT2D eigenvalue weighted by atomic mass is 16.1. The molecule has 0 spiro atoms. The summed E-state index contributed by atoms with van der Waals surface area (Å²) in [4.78, 5) is 11.8. The summed E-state index contributed by atoms with van der Waals surface area (Å²) in [6.07, 6.45) is 0. The number of anilines is 1. The Bertz CT molecular complexity index is 480. The standard InChI is InChI=1S/C14H13NO.C2H6.H2/c1-11-7-9-13(10-8-11)15-14(16)12-5-3-2-4-6-12;1-2;/h2-10H,1H3,(H,15,16);1-2H3;1H. The average Bonchev–Trinajstić information content (AvgIpc) is 2.44. The van der Waals surface area contributed by atoms with E-state index in [1.165, 1.54) is 5.56 Å². The quantitative estimate of drug-likeness (QED) is 0.825. The monoisotopic (exact) mass is 243 g/mol. The van der Waals surface area contributed by atoms with Gasteiger partial charge in [0.05, 0.1) is 0 Å². The number of carbonyl (C=O) groups is 1. The van der Waals surface area contributed by atoms with Crippen molar-refractivity contribution in [2.45, 2.75) is 20.8 Å². The highest BCUT2D eigenvalue weighted by Crippen LogP contribution is 2.10. The first-order chi connectivity index (χ1) is 8.75. The lowest BCUT2D eigenvalue weighted by molar-refractivity contribution is 0.102. The Balaban J connectivity index is 0.00000103. The maximum Gasteiger partial charge on any atom is 0.255 e. The number of hydrogen-bond donors (Lipinski definition) is 1. The van der Waals surface area contributed by atoms with Crippen molar-refractivity contribution in [3.63, 3.8) is 0 Å². The first-order valence-electron chi connectivity index (χ1n) is 6.19.